The van der Waals surface area contributed by atoms with E-state index in [0.717, 1.165) is 15.1 Å². The van der Waals surface area contributed by atoms with Crippen LogP contribution in [-0.2, 0) is 21.4 Å². The van der Waals surface area contributed by atoms with Crippen molar-refractivity contribution in [3.05, 3.63) is 72.3 Å². The summed E-state index contributed by atoms with van der Waals surface area (Å²) in [4.78, 5) is 12.4. The van der Waals surface area contributed by atoms with E-state index in [9.17, 15) is 13.2 Å². The van der Waals surface area contributed by atoms with Gasteiger partial charge in [-0.05, 0) is 23.1 Å². The minimum absolute atomic E-state index is 0.0982. The van der Waals surface area contributed by atoms with Gasteiger partial charge in [-0.3, -0.25) is 4.79 Å². The standard InChI is InChI=1S/C21H22N2O4S/c1-23(2)28(25,26)20-13-6-4-9-17(20)14-22-21(24)15-27-19-12-7-10-16-8-3-5-11-18(16)19/h3-13H,14-15H2,1-2H3,(H,22,24). The molecule has 0 atom stereocenters. The second kappa shape index (κ2) is 8.41. The maximum Gasteiger partial charge on any atom is 0.258 e. The van der Waals surface area contributed by atoms with E-state index in [0.29, 0.717) is 11.3 Å². The van der Waals surface area contributed by atoms with Gasteiger partial charge in [0.05, 0.1) is 4.90 Å². The number of rotatable bonds is 7. The highest BCUT2D eigenvalue weighted by Crippen LogP contribution is 2.25. The number of carbonyl (C=O) groups excluding carboxylic acids is 1. The number of sulfonamides is 1. The highest BCUT2D eigenvalue weighted by atomic mass is 32.2. The Morgan fingerprint density at radius 1 is 0.964 bits per heavy atom. The molecule has 0 saturated carbocycles. The topological polar surface area (TPSA) is 75.7 Å². The summed E-state index contributed by atoms with van der Waals surface area (Å²) in [5, 5.41) is 4.68. The zero-order valence-electron chi connectivity index (χ0n) is 15.8. The second-order valence-corrected chi connectivity index (χ2v) is 8.56. The monoisotopic (exact) mass is 398 g/mol. The van der Waals surface area contributed by atoms with E-state index < -0.39 is 10.0 Å². The summed E-state index contributed by atoms with van der Waals surface area (Å²) in [7, 11) is -0.634. The normalized spacial score (nSPS) is 11.5. The van der Waals surface area contributed by atoms with Crippen LogP contribution in [0.15, 0.2) is 71.6 Å². The molecule has 1 N–H and O–H groups in total. The van der Waals surface area contributed by atoms with Crippen LogP contribution in [0.5, 0.6) is 5.75 Å². The van der Waals surface area contributed by atoms with Crippen molar-refractivity contribution in [2.75, 3.05) is 20.7 Å². The van der Waals surface area contributed by atoms with Crippen molar-refractivity contribution in [2.45, 2.75) is 11.4 Å². The Bertz CT molecular complexity index is 1090. The fraction of sp³-hybridized carbons (Fsp3) is 0.190. The van der Waals surface area contributed by atoms with E-state index in [2.05, 4.69) is 5.32 Å². The van der Waals surface area contributed by atoms with E-state index >= 15 is 0 Å². The zero-order chi connectivity index (χ0) is 20.1. The van der Waals surface area contributed by atoms with Gasteiger partial charge < -0.3 is 10.1 Å². The van der Waals surface area contributed by atoms with Gasteiger partial charge in [-0.25, -0.2) is 12.7 Å². The van der Waals surface area contributed by atoms with Crippen molar-refractivity contribution in [1.82, 2.24) is 9.62 Å². The lowest BCUT2D eigenvalue weighted by atomic mass is 10.1. The molecule has 3 rings (SSSR count). The third-order valence-electron chi connectivity index (χ3n) is 4.32. The van der Waals surface area contributed by atoms with Crippen LogP contribution in [0.2, 0.25) is 0 Å². The van der Waals surface area contributed by atoms with Crippen LogP contribution in [-0.4, -0.2) is 39.3 Å². The van der Waals surface area contributed by atoms with Gasteiger partial charge in [-0.15, -0.1) is 0 Å². The van der Waals surface area contributed by atoms with Gasteiger partial charge in [-0.2, -0.15) is 0 Å². The van der Waals surface area contributed by atoms with Crippen LogP contribution < -0.4 is 10.1 Å². The molecule has 3 aromatic carbocycles. The number of benzene rings is 3. The first kappa shape index (κ1) is 19.9. The van der Waals surface area contributed by atoms with Crippen molar-refractivity contribution in [3.8, 4) is 5.75 Å². The predicted octanol–water partition coefficient (Wildman–Crippen LogP) is 2.79. The Hall–Kier alpha value is -2.90. The third kappa shape index (κ3) is 4.32. The molecule has 0 unspecified atom stereocenters. The first-order valence-corrected chi connectivity index (χ1v) is 10.2. The predicted molar refractivity (Wildman–Crippen MR) is 109 cm³/mol. The van der Waals surface area contributed by atoms with Crippen molar-refractivity contribution in [1.29, 1.82) is 0 Å². The van der Waals surface area contributed by atoms with Gasteiger partial charge in [0.1, 0.15) is 5.75 Å². The summed E-state index contributed by atoms with van der Waals surface area (Å²) >= 11 is 0. The van der Waals surface area contributed by atoms with Crippen LogP contribution in [0.25, 0.3) is 10.8 Å². The van der Waals surface area contributed by atoms with Crippen molar-refractivity contribution in [3.63, 3.8) is 0 Å². The Morgan fingerprint density at radius 3 is 2.43 bits per heavy atom. The van der Waals surface area contributed by atoms with E-state index in [4.69, 9.17) is 4.74 Å². The zero-order valence-corrected chi connectivity index (χ0v) is 16.6. The molecule has 0 fully saturated rings. The number of hydrogen-bond acceptors (Lipinski definition) is 4. The average Bonchev–Trinajstić information content (AvgIpc) is 2.70. The number of ether oxygens (including phenoxy) is 1. The number of hydrogen-bond donors (Lipinski definition) is 1. The minimum Gasteiger partial charge on any atom is -0.483 e. The van der Waals surface area contributed by atoms with Crippen LogP contribution in [0, 0.1) is 0 Å². The van der Waals surface area contributed by atoms with Gasteiger partial charge in [0.2, 0.25) is 10.0 Å². The number of carbonyl (C=O) groups is 1. The summed E-state index contributed by atoms with van der Waals surface area (Å²) in [5.74, 6) is 0.300. The van der Waals surface area contributed by atoms with Crippen LogP contribution >= 0.6 is 0 Å². The number of nitrogens with one attached hydrogen (secondary N) is 1. The van der Waals surface area contributed by atoms with Gasteiger partial charge in [0, 0.05) is 26.0 Å². The van der Waals surface area contributed by atoms with Crippen molar-refractivity contribution in [2.24, 2.45) is 0 Å². The second-order valence-electron chi connectivity index (χ2n) is 6.44. The number of fused-ring (bicyclic) bond motifs is 1. The molecule has 0 aliphatic carbocycles. The molecule has 7 heteroatoms. The number of nitrogens with zero attached hydrogens (tertiary/aromatic N) is 1. The molecule has 0 bridgehead atoms. The van der Waals surface area contributed by atoms with Crippen LogP contribution in [0.4, 0.5) is 0 Å². The maximum atomic E-state index is 12.4. The molecular weight excluding hydrogens is 376 g/mol. The van der Waals surface area contributed by atoms with Crippen molar-refractivity contribution >= 4 is 26.7 Å². The summed E-state index contributed by atoms with van der Waals surface area (Å²) < 4.78 is 31.7. The minimum atomic E-state index is -3.58. The molecule has 0 saturated heterocycles. The first-order valence-electron chi connectivity index (χ1n) is 8.77. The molecule has 0 aliphatic rings. The molecule has 0 aromatic heterocycles. The fourth-order valence-electron chi connectivity index (χ4n) is 2.81. The molecule has 0 heterocycles. The highest BCUT2D eigenvalue weighted by molar-refractivity contribution is 7.89. The first-order chi connectivity index (χ1) is 13.4. The molecule has 0 aliphatic heterocycles. The Kier molecular flexibility index (Phi) is 5.96. The summed E-state index contributed by atoms with van der Waals surface area (Å²) in [6.07, 6.45) is 0. The van der Waals surface area contributed by atoms with Crippen LogP contribution in [0.3, 0.4) is 0 Å². The lowest BCUT2D eigenvalue weighted by molar-refractivity contribution is -0.123. The third-order valence-corrected chi connectivity index (χ3v) is 6.23. The SMILES string of the molecule is CN(C)S(=O)(=O)c1ccccc1CNC(=O)COc1cccc2ccccc12. The average molecular weight is 398 g/mol. The van der Waals surface area contributed by atoms with Gasteiger partial charge in [0.25, 0.3) is 5.91 Å². The summed E-state index contributed by atoms with van der Waals surface area (Å²) in [6, 6.07) is 20.0. The van der Waals surface area contributed by atoms with E-state index in [-0.39, 0.29) is 24.0 Å². The van der Waals surface area contributed by atoms with E-state index in [1.165, 1.54) is 20.2 Å². The molecule has 146 valence electrons. The van der Waals surface area contributed by atoms with Gasteiger partial charge in [0.15, 0.2) is 6.61 Å². The lowest BCUT2D eigenvalue weighted by Crippen LogP contribution is -2.30. The molecular formula is C21H22N2O4S. The maximum absolute atomic E-state index is 12.4. The largest absolute Gasteiger partial charge is 0.483 e. The van der Waals surface area contributed by atoms with Crippen molar-refractivity contribution < 1.29 is 17.9 Å². The van der Waals surface area contributed by atoms with E-state index in [1.54, 1.807) is 18.2 Å². The number of amides is 1. The Labute approximate surface area is 164 Å². The van der Waals surface area contributed by atoms with E-state index in [1.807, 2.05) is 42.5 Å². The Morgan fingerprint density at radius 2 is 1.64 bits per heavy atom. The molecule has 6 nitrogen and oxygen atoms in total. The summed E-state index contributed by atoms with van der Waals surface area (Å²) in [5.41, 5.74) is 0.523. The van der Waals surface area contributed by atoms with Gasteiger partial charge in [-0.1, -0.05) is 54.6 Å². The quantitative estimate of drug-likeness (QED) is 0.664. The Balaban J connectivity index is 1.66. The summed E-state index contributed by atoms with van der Waals surface area (Å²) in [6.45, 7) is -0.0580. The smallest absolute Gasteiger partial charge is 0.258 e. The highest BCUT2D eigenvalue weighted by Gasteiger charge is 2.20. The van der Waals surface area contributed by atoms with Crippen LogP contribution in [0.1, 0.15) is 5.56 Å². The lowest BCUT2D eigenvalue weighted by Gasteiger charge is -2.15. The molecule has 0 radical (unpaired) electrons. The molecule has 28 heavy (non-hydrogen) atoms. The fourth-order valence-corrected chi connectivity index (χ4v) is 3.92. The van der Waals surface area contributed by atoms with Gasteiger partial charge >= 0.3 is 0 Å². The molecule has 0 spiro atoms. The molecule has 1 amide bonds. The molecule has 3 aromatic rings.